The number of benzene rings is 4. The zero-order chi connectivity index (χ0) is 28.1. The van der Waals surface area contributed by atoms with Gasteiger partial charge in [0.15, 0.2) is 0 Å². The summed E-state index contributed by atoms with van der Waals surface area (Å²) in [6.45, 7) is 0. The Labute approximate surface area is 225 Å². The highest BCUT2D eigenvalue weighted by atomic mass is 19.4. The summed E-state index contributed by atoms with van der Waals surface area (Å²) in [7, 11) is -2.36. The molecule has 0 spiro atoms. The summed E-state index contributed by atoms with van der Waals surface area (Å²) in [5.74, 6) is 1.56. The monoisotopic (exact) mass is 552 g/mol. The molecule has 0 radical (unpaired) electrons. The molecule has 0 bridgehead atoms. The summed E-state index contributed by atoms with van der Waals surface area (Å²) in [5, 5.41) is 0. The fourth-order valence-electron chi connectivity index (χ4n) is 4.55. The smallest absolute Gasteiger partial charge is 0.519 e. The molecule has 4 nitrogen and oxygen atoms in total. The van der Waals surface area contributed by atoms with Gasteiger partial charge in [-0.15, -0.1) is 0 Å². The lowest BCUT2D eigenvalue weighted by Crippen LogP contribution is -2.34. The van der Waals surface area contributed by atoms with Gasteiger partial charge in [0.2, 0.25) is 0 Å². The van der Waals surface area contributed by atoms with Gasteiger partial charge in [0.25, 0.3) is 0 Å². The predicted molar refractivity (Wildman–Crippen MR) is 137 cm³/mol. The van der Waals surface area contributed by atoms with Crippen molar-refractivity contribution in [1.82, 2.24) is 0 Å². The molecule has 6 rings (SSSR count). The first kappa shape index (κ1) is 25.8. The molecule has 12 heteroatoms. The molecule has 2 aliphatic heterocycles. The maximum atomic E-state index is 13.4. The molecular formula is C28H16B2F6O4. The van der Waals surface area contributed by atoms with E-state index in [1.54, 1.807) is 48.5 Å². The van der Waals surface area contributed by atoms with E-state index >= 15 is 0 Å². The van der Waals surface area contributed by atoms with Crippen molar-refractivity contribution >= 4 is 25.2 Å². The van der Waals surface area contributed by atoms with Crippen molar-refractivity contribution in [1.29, 1.82) is 0 Å². The third-order valence-corrected chi connectivity index (χ3v) is 6.44. The fraction of sp³-hybridized carbons (Fsp3) is 0.0714. The Bertz CT molecular complexity index is 1420. The lowest BCUT2D eigenvalue weighted by atomic mass is 9.60. The molecule has 200 valence electrons. The molecule has 0 N–H and O–H groups in total. The number of hydrogen-bond donors (Lipinski definition) is 0. The molecule has 2 aliphatic rings. The Balaban J connectivity index is 1.55. The molecule has 0 unspecified atom stereocenters. The molecule has 0 saturated carbocycles. The van der Waals surface area contributed by atoms with E-state index in [0.29, 0.717) is 23.0 Å². The molecule has 0 amide bonds. The summed E-state index contributed by atoms with van der Waals surface area (Å²) < 4.78 is 104. The highest BCUT2D eigenvalue weighted by Crippen LogP contribution is 2.44. The molecule has 2 heterocycles. The van der Waals surface area contributed by atoms with E-state index in [0.717, 1.165) is 24.3 Å². The molecule has 0 atom stereocenters. The van der Waals surface area contributed by atoms with E-state index in [4.69, 9.17) is 18.6 Å². The van der Waals surface area contributed by atoms with E-state index < -0.39 is 37.7 Å². The van der Waals surface area contributed by atoms with Crippen molar-refractivity contribution < 1.29 is 45.0 Å². The van der Waals surface area contributed by atoms with Crippen molar-refractivity contribution in [2.75, 3.05) is 0 Å². The summed E-state index contributed by atoms with van der Waals surface area (Å²) in [6.07, 6.45) is -9.15. The van der Waals surface area contributed by atoms with E-state index in [1.807, 2.05) is 0 Å². The van der Waals surface area contributed by atoms with Gasteiger partial charge in [0, 0.05) is 10.9 Å². The van der Waals surface area contributed by atoms with Crippen molar-refractivity contribution in [3.63, 3.8) is 0 Å². The van der Waals surface area contributed by atoms with Crippen molar-refractivity contribution in [3.8, 4) is 23.0 Å². The van der Waals surface area contributed by atoms with Crippen LogP contribution in [0.3, 0.4) is 0 Å². The molecule has 4 aromatic rings. The largest absolute Gasteiger partial charge is 0.633 e. The molecule has 0 fully saturated rings. The first-order valence-corrected chi connectivity index (χ1v) is 12.0. The van der Waals surface area contributed by atoms with Crippen molar-refractivity contribution in [3.05, 3.63) is 119 Å². The van der Waals surface area contributed by atoms with Crippen LogP contribution in [0.5, 0.6) is 23.0 Å². The minimum atomic E-state index is -4.57. The van der Waals surface area contributed by atoms with Gasteiger partial charge < -0.3 is 18.6 Å². The SMILES string of the molecule is FC(F)(F)c1ccc(/C(B2Oc3ccccc3O2)=C(/B2Oc3ccccc3O2)c2ccc(C(F)(F)F)cc2)cc1. The third-order valence-electron chi connectivity index (χ3n) is 6.44. The Kier molecular flexibility index (Phi) is 6.20. The lowest BCUT2D eigenvalue weighted by molar-refractivity contribution is -0.138. The van der Waals surface area contributed by atoms with Crippen LogP contribution in [0.2, 0.25) is 0 Å². The van der Waals surface area contributed by atoms with Gasteiger partial charge in [-0.3, -0.25) is 0 Å². The first-order valence-electron chi connectivity index (χ1n) is 12.0. The third kappa shape index (κ3) is 4.85. The maximum absolute atomic E-state index is 13.4. The van der Waals surface area contributed by atoms with Gasteiger partial charge in [-0.05, 0) is 59.7 Å². The molecule has 0 aromatic heterocycles. The second-order valence-corrected chi connectivity index (χ2v) is 9.01. The van der Waals surface area contributed by atoms with Crippen LogP contribution >= 0.6 is 0 Å². The van der Waals surface area contributed by atoms with E-state index in [-0.39, 0.29) is 22.1 Å². The summed E-state index contributed by atoms with van der Waals surface area (Å²) in [5.41, 5.74) is -0.759. The summed E-state index contributed by atoms with van der Waals surface area (Å²) in [4.78, 5) is 0. The Morgan fingerprint density at radius 2 is 0.700 bits per heavy atom. The van der Waals surface area contributed by atoms with Crippen molar-refractivity contribution in [2.45, 2.75) is 12.4 Å². The molecule has 0 aliphatic carbocycles. The first-order chi connectivity index (χ1) is 19.1. The normalized spacial score (nSPS) is 14.8. The van der Waals surface area contributed by atoms with E-state index in [9.17, 15) is 26.3 Å². The number of halogens is 6. The molecule has 4 aromatic carbocycles. The highest BCUT2D eigenvalue weighted by Gasteiger charge is 2.46. The number of alkyl halides is 6. The minimum Gasteiger partial charge on any atom is -0.519 e. The van der Waals surface area contributed by atoms with Gasteiger partial charge in [-0.2, -0.15) is 26.3 Å². The summed E-state index contributed by atoms with van der Waals surface area (Å²) in [6, 6.07) is 22.2. The Hall–Kier alpha value is -4.47. The summed E-state index contributed by atoms with van der Waals surface area (Å²) >= 11 is 0. The number of hydrogen-bond acceptors (Lipinski definition) is 4. The van der Waals surface area contributed by atoms with Crippen molar-refractivity contribution in [2.24, 2.45) is 0 Å². The second-order valence-electron chi connectivity index (χ2n) is 9.01. The lowest BCUT2D eigenvalue weighted by Gasteiger charge is -2.20. The standard InChI is InChI=1S/C28H16B2F6O4/c31-27(32,33)19-13-9-17(10-14-19)25(29-37-21-5-1-2-6-22(21)38-29)26(18-11-15-20(16-12-18)28(34,35)36)30-39-23-7-3-4-8-24(23)40-30/h1-16H/b26-25-. The topological polar surface area (TPSA) is 36.9 Å². The Morgan fingerprint density at radius 3 is 0.950 bits per heavy atom. The highest BCUT2D eigenvalue weighted by molar-refractivity contribution is 6.83. The van der Waals surface area contributed by atoms with Crippen LogP contribution in [-0.4, -0.2) is 14.2 Å². The van der Waals surface area contributed by atoms with Gasteiger partial charge in [-0.1, -0.05) is 48.5 Å². The van der Waals surface area contributed by atoms with Crippen LogP contribution in [0.1, 0.15) is 22.3 Å². The van der Waals surface area contributed by atoms with Gasteiger partial charge in [-0.25, -0.2) is 0 Å². The number of para-hydroxylation sites is 4. The van der Waals surface area contributed by atoms with Crippen LogP contribution in [0, 0.1) is 0 Å². The average Bonchev–Trinajstić information content (AvgIpc) is 3.55. The fourth-order valence-corrected chi connectivity index (χ4v) is 4.55. The molecule has 40 heavy (non-hydrogen) atoms. The minimum absolute atomic E-state index is 0.225. The van der Waals surface area contributed by atoms with Crippen LogP contribution in [-0.2, 0) is 12.4 Å². The number of fused-ring (bicyclic) bond motifs is 2. The molecule has 0 saturated heterocycles. The number of rotatable bonds is 4. The predicted octanol–water partition coefficient (Wildman–Crippen LogP) is 7.63. The molecular weight excluding hydrogens is 536 g/mol. The van der Waals surface area contributed by atoms with Gasteiger partial charge in [0.1, 0.15) is 23.0 Å². The Morgan fingerprint density at radius 1 is 0.425 bits per heavy atom. The zero-order valence-electron chi connectivity index (χ0n) is 20.3. The van der Waals surface area contributed by atoms with Crippen LogP contribution in [0.4, 0.5) is 26.3 Å². The van der Waals surface area contributed by atoms with Crippen LogP contribution in [0.15, 0.2) is 97.1 Å². The maximum Gasteiger partial charge on any atom is 0.633 e. The van der Waals surface area contributed by atoms with Gasteiger partial charge in [0.05, 0.1) is 11.1 Å². The second kappa shape index (κ2) is 9.62. The van der Waals surface area contributed by atoms with Crippen LogP contribution in [0.25, 0.3) is 10.9 Å². The zero-order valence-corrected chi connectivity index (χ0v) is 20.3. The van der Waals surface area contributed by atoms with E-state index in [1.165, 1.54) is 24.3 Å². The quantitative estimate of drug-likeness (QED) is 0.148. The van der Waals surface area contributed by atoms with E-state index in [2.05, 4.69) is 0 Å². The average molecular weight is 552 g/mol. The van der Waals surface area contributed by atoms with Gasteiger partial charge >= 0.3 is 26.6 Å². The van der Waals surface area contributed by atoms with Crippen LogP contribution < -0.4 is 18.6 Å².